The predicted molar refractivity (Wildman–Crippen MR) is 91.7 cm³/mol. The van der Waals surface area contributed by atoms with Gasteiger partial charge in [0.1, 0.15) is 0 Å². The Morgan fingerprint density at radius 1 is 1.13 bits per heavy atom. The van der Waals surface area contributed by atoms with Gasteiger partial charge in [-0.05, 0) is 32.8 Å². The molecule has 2 heterocycles. The zero-order valence-corrected chi connectivity index (χ0v) is 14.8. The lowest BCUT2D eigenvalue weighted by Gasteiger charge is -2.36. The van der Waals surface area contributed by atoms with Crippen LogP contribution in [0.5, 0.6) is 0 Å². The minimum Gasteiger partial charge on any atom is -0.362 e. The van der Waals surface area contributed by atoms with Gasteiger partial charge in [-0.2, -0.15) is 0 Å². The molecule has 23 heavy (non-hydrogen) atoms. The van der Waals surface area contributed by atoms with Crippen LogP contribution in [0.25, 0.3) is 0 Å². The first-order chi connectivity index (χ1) is 11.0. The third kappa shape index (κ3) is 4.22. The summed E-state index contributed by atoms with van der Waals surface area (Å²) in [5, 5.41) is 0. The van der Waals surface area contributed by atoms with E-state index in [-0.39, 0.29) is 17.6 Å². The Labute approximate surface area is 139 Å². The first kappa shape index (κ1) is 17.7. The summed E-state index contributed by atoms with van der Waals surface area (Å²) in [5.41, 5.74) is 2.75. The van der Waals surface area contributed by atoms with Crippen LogP contribution in [-0.2, 0) is 4.79 Å². The Kier molecular flexibility index (Phi) is 5.99. The number of nitrogens with one attached hydrogen (secondary N) is 1. The average molecular weight is 319 g/mol. The lowest BCUT2D eigenvalue weighted by Crippen LogP contribution is -2.51. The topological polar surface area (TPSA) is 56.4 Å². The van der Waals surface area contributed by atoms with Crippen LogP contribution >= 0.6 is 0 Å². The van der Waals surface area contributed by atoms with Crippen molar-refractivity contribution in [1.82, 2.24) is 14.8 Å². The second-order valence-electron chi connectivity index (χ2n) is 6.53. The largest absolute Gasteiger partial charge is 0.362 e. The summed E-state index contributed by atoms with van der Waals surface area (Å²) in [6.07, 6.45) is 1.81. The number of aromatic nitrogens is 1. The van der Waals surface area contributed by atoms with Crippen molar-refractivity contribution in [3.8, 4) is 0 Å². The molecule has 0 aromatic carbocycles. The van der Waals surface area contributed by atoms with Crippen molar-refractivity contribution < 1.29 is 9.59 Å². The lowest BCUT2D eigenvalue weighted by atomic mass is 10.0. The number of ketones is 1. The standard InChI is InChI=1S/C18H29N3O2/c1-5-15(6-2)18(23)21-9-7-20(8-10-21)12-17(22)16-11-13(3)19-14(16)4/h11,15,19H,5-10,12H2,1-4H3. The molecule has 1 aromatic heterocycles. The molecule has 2 rings (SSSR count). The van der Waals surface area contributed by atoms with Gasteiger partial charge in [-0.3, -0.25) is 14.5 Å². The zero-order chi connectivity index (χ0) is 17.0. The normalized spacial score (nSPS) is 16.1. The van der Waals surface area contributed by atoms with E-state index in [9.17, 15) is 9.59 Å². The average Bonchev–Trinajstić information content (AvgIpc) is 2.88. The molecule has 0 radical (unpaired) electrons. The molecule has 0 aliphatic carbocycles. The molecule has 5 heteroatoms. The van der Waals surface area contributed by atoms with Crippen molar-refractivity contribution >= 4 is 11.7 Å². The number of carbonyl (C=O) groups excluding carboxylic acids is 2. The van der Waals surface area contributed by atoms with E-state index in [0.29, 0.717) is 6.54 Å². The second-order valence-corrected chi connectivity index (χ2v) is 6.53. The number of carbonyl (C=O) groups is 2. The van der Waals surface area contributed by atoms with E-state index in [4.69, 9.17) is 0 Å². The smallest absolute Gasteiger partial charge is 0.225 e. The molecule has 128 valence electrons. The molecule has 1 amide bonds. The second kappa shape index (κ2) is 7.77. The number of nitrogens with zero attached hydrogens (tertiary/aromatic N) is 2. The highest BCUT2D eigenvalue weighted by Gasteiger charge is 2.26. The van der Waals surface area contributed by atoms with Crippen molar-refractivity contribution in [2.24, 2.45) is 5.92 Å². The molecule has 1 aliphatic heterocycles. The van der Waals surface area contributed by atoms with Crippen LogP contribution in [0, 0.1) is 19.8 Å². The van der Waals surface area contributed by atoms with Crippen LogP contribution in [0.4, 0.5) is 0 Å². The van der Waals surface area contributed by atoms with E-state index in [0.717, 1.165) is 56.0 Å². The van der Waals surface area contributed by atoms with Crippen LogP contribution in [0.15, 0.2) is 6.07 Å². The maximum Gasteiger partial charge on any atom is 0.225 e. The van der Waals surface area contributed by atoms with Gasteiger partial charge in [0.15, 0.2) is 5.78 Å². The third-order valence-electron chi connectivity index (χ3n) is 4.84. The minimum absolute atomic E-state index is 0.147. The summed E-state index contributed by atoms with van der Waals surface area (Å²) >= 11 is 0. The molecule has 1 saturated heterocycles. The summed E-state index contributed by atoms with van der Waals surface area (Å²) in [6, 6.07) is 1.92. The Hall–Kier alpha value is -1.62. The Morgan fingerprint density at radius 3 is 2.22 bits per heavy atom. The highest BCUT2D eigenvalue weighted by molar-refractivity contribution is 5.98. The maximum atomic E-state index is 12.4. The number of amides is 1. The number of hydrogen-bond donors (Lipinski definition) is 1. The summed E-state index contributed by atoms with van der Waals surface area (Å²) < 4.78 is 0. The van der Waals surface area contributed by atoms with Gasteiger partial charge in [0.2, 0.25) is 5.91 Å². The fourth-order valence-electron chi connectivity index (χ4n) is 3.32. The SMILES string of the molecule is CCC(CC)C(=O)N1CCN(CC(=O)c2cc(C)[nH]c2C)CC1. The van der Waals surface area contributed by atoms with Gasteiger partial charge in [0.05, 0.1) is 6.54 Å². The van der Waals surface area contributed by atoms with Gasteiger partial charge in [0.25, 0.3) is 0 Å². The zero-order valence-electron chi connectivity index (χ0n) is 14.8. The molecule has 0 unspecified atom stereocenters. The van der Waals surface area contributed by atoms with Crippen molar-refractivity contribution in [1.29, 1.82) is 0 Å². The Balaban J connectivity index is 1.86. The monoisotopic (exact) mass is 319 g/mol. The molecule has 1 fully saturated rings. The molecule has 0 spiro atoms. The van der Waals surface area contributed by atoms with E-state index in [2.05, 4.69) is 23.7 Å². The highest BCUT2D eigenvalue weighted by atomic mass is 16.2. The van der Waals surface area contributed by atoms with Crippen molar-refractivity contribution in [2.75, 3.05) is 32.7 Å². The molecule has 0 bridgehead atoms. The molecule has 1 N–H and O–H groups in total. The summed E-state index contributed by atoms with van der Waals surface area (Å²) in [4.78, 5) is 32.1. The lowest BCUT2D eigenvalue weighted by molar-refractivity contribution is -0.137. The molecule has 5 nitrogen and oxygen atoms in total. The van der Waals surface area contributed by atoms with Gasteiger partial charge in [-0.1, -0.05) is 13.8 Å². The first-order valence-corrected chi connectivity index (χ1v) is 8.66. The molecule has 0 saturated carbocycles. The number of Topliss-reactive ketones (excluding diaryl/α,β-unsaturated/α-hetero) is 1. The van der Waals surface area contributed by atoms with E-state index in [1.807, 2.05) is 24.8 Å². The van der Waals surface area contributed by atoms with Gasteiger partial charge in [-0.15, -0.1) is 0 Å². The molecule has 1 aliphatic rings. The summed E-state index contributed by atoms with van der Waals surface area (Å²) in [6.45, 7) is 11.5. The van der Waals surface area contributed by atoms with Gasteiger partial charge in [-0.25, -0.2) is 0 Å². The number of aryl methyl sites for hydroxylation is 2. The molecule has 0 atom stereocenters. The fraction of sp³-hybridized carbons (Fsp3) is 0.667. The van der Waals surface area contributed by atoms with Crippen LogP contribution in [0.1, 0.15) is 48.4 Å². The Bertz CT molecular complexity index is 553. The van der Waals surface area contributed by atoms with E-state index < -0.39 is 0 Å². The van der Waals surface area contributed by atoms with Gasteiger partial charge in [0, 0.05) is 49.0 Å². The first-order valence-electron chi connectivity index (χ1n) is 8.66. The molecular weight excluding hydrogens is 290 g/mol. The van der Waals surface area contributed by atoms with E-state index in [1.54, 1.807) is 0 Å². The maximum absolute atomic E-state index is 12.4. The third-order valence-corrected chi connectivity index (χ3v) is 4.84. The summed E-state index contributed by atoms with van der Waals surface area (Å²) in [5.74, 6) is 0.582. The quantitative estimate of drug-likeness (QED) is 0.819. The highest BCUT2D eigenvalue weighted by Crippen LogP contribution is 2.15. The number of piperazine rings is 1. The van der Waals surface area contributed by atoms with E-state index >= 15 is 0 Å². The fourth-order valence-corrected chi connectivity index (χ4v) is 3.32. The van der Waals surface area contributed by atoms with Crippen molar-refractivity contribution in [3.63, 3.8) is 0 Å². The van der Waals surface area contributed by atoms with Crippen molar-refractivity contribution in [3.05, 3.63) is 23.0 Å². The van der Waals surface area contributed by atoms with E-state index in [1.165, 1.54) is 0 Å². The minimum atomic E-state index is 0.147. The number of rotatable bonds is 6. The van der Waals surface area contributed by atoms with Crippen LogP contribution in [0.2, 0.25) is 0 Å². The van der Waals surface area contributed by atoms with Crippen LogP contribution in [0.3, 0.4) is 0 Å². The van der Waals surface area contributed by atoms with Crippen LogP contribution in [-0.4, -0.2) is 59.2 Å². The van der Waals surface area contributed by atoms with Gasteiger partial charge < -0.3 is 9.88 Å². The number of aromatic amines is 1. The number of hydrogen-bond acceptors (Lipinski definition) is 3. The predicted octanol–water partition coefficient (Wildman–Crippen LogP) is 2.39. The van der Waals surface area contributed by atoms with Crippen molar-refractivity contribution in [2.45, 2.75) is 40.5 Å². The number of H-pyrrole nitrogens is 1. The summed E-state index contributed by atoms with van der Waals surface area (Å²) in [7, 11) is 0. The molecular formula is C18H29N3O2. The molecule has 1 aromatic rings. The van der Waals surface area contributed by atoms with Gasteiger partial charge >= 0.3 is 0 Å². The Morgan fingerprint density at radius 2 is 1.74 bits per heavy atom. The van der Waals surface area contributed by atoms with Crippen LogP contribution < -0.4 is 0 Å².